The number of rotatable bonds is 15. The van der Waals surface area contributed by atoms with Gasteiger partial charge in [0.25, 0.3) is 0 Å². The molecule has 24 heteroatoms. The summed E-state index contributed by atoms with van der Waals surface area (Å²) < 4.78 is 54.2. The monoisotopic (exact) mass is 751 g/mol. The van der Waals surface area contributed by atoms with Crippen LogP contribution < -0.4 is 11.1 Å². The molecular weight excluding hydrogens is 719 g/mol. The highest BCUT2D eigenvalue weighted by molar-refractivity contribution is 7.66. The molecule has 1 saturated heterocycles. The number of aromatic amines is 1. The molecule has 1 aromatic carbocycles. The van der Waals surface area contributed by atoms with Crippen molar-refractivity contribution in [3.05, 3.63) is 64.0 Å². The fourth-order valence-corrected chi connectivity index (χ4v) is 7.98. The molecule has 1 aliphatic rings. The number of aromatic nitrogens is 2. The molecule has 1 fully saturated rings. The van der Waals surface area contributed by atoms with Crippen LogP contribution in [0.5, 0.6) is 0 Å². The van der Waals surface area contributed by atoms with Crippen molar-refractivity contribution in [1.82, 2.24) is 14.9 Å². The van der Waals surface area contributed by atoms with Gasteiger partial charge < -0.3 is 60.7 Å². The van der Waals surface area contributed by atoms with Crippen molar-refractivity contribution in [2.24, 2.45) is 5.73 Å². The van der Waals surface area contributed by atoms with Crippen LogP contribution in [0.1, 0.15) is 36.6 Å². The van der Waals surface area contributed by atoms with E-state index in [0.717, 1.165) is 21.5 Å². The summed E-state index contributed by atoms with van der Waals surface area (Å²) in [5.41, 5.74) is 7.63. The molecule has 0 radical (unpaired) electrons. The Morgan fingerprint density at radius 1 is 1.20 bits per heavy atom. The number of carbonyl (C=O) groups excluding carboxylic acids is 1. The number of benzene rings is 1. The molecule has 3 unspecified atom stereocenters. The number of nitrogens with two attached hydrogens (primary N) is 1. The molecule has 1 amide bonds. The summed E-state index contributed by atoms with van der Waals surface area (Å²) >= 11 is 0. The van der Waals surface area contributed by atoms with Gasteiger partial charge in [-0.05, 0) is 23.0 Å². The van der Waals surface area contributed by atoms with E-state index in [4.69, 9.17) is 24.8 Å². The first-order chi connectivity index (χ1) is 22.9. The van der Waals surface area contributed by atoms with Gasteiger partial charge in [-0.2, -0.15) is 8.62 Å². The lowest BCUT2D eigenvalue weighted by Crippen LogP contribution is -2.47. The molecule has 3 heterocycles. The lowest BCUT2D eigenvalue weighted by Gasteiger charge is -2.23. The number of phosphoric ester groups is 1. The van der Waals surface area contributed by atoms with Gasteiger partial charge >= 0.3 is 29.3 Å². The van der Waals surface area contributed by atoms with Crippen molar-refractivity contribution in [3.63, 3.8) is 0 Å². The number of H-pyrrole nitrogens is 1. The standard InChI is InChI=1S/C25H32N5O16P3/c26-18(10-16-12-27-19-7-3-2-6-17(16)19)25(33)28-22(44-48(39,40)46-49(41,42)45-47(36,37)38)8-4-1-5-15-9-23(30(34)35)29(13-15)24-11-20(32)21(14-31)43-24/h2-3,6-7,9,12-13,18,20-22,24,27,31-32H,4,8,10-11,14,26H2,(H,28,33)(H,39,40)(H,41,42)(H2,36,37,38)/t18-,20-,21+,22?,24+/m0/s1. The van der Waals surface area contributed by atoms with Crippen molar-refractivity contribution in [2.75, 3.05) is 6.61 Å². The number of phosphoric acid groups is 3. The largest absolute Gasteiger partial charge is 0.490 e. The molecule has 21 nitrogen and oxygen atoms in total. The van der Waals surface area contributed by atoms with Crippen LogP contribution in [0.3, 0.4) is 0 Å². The number of carbonyl (C=O) groups is 1. The Hall–Kier alpha value is -3.28. The topological polar surface area (TPSA) is 328 Å². The average Bonchev–Trinajstić information content (AvgIpc) is 3.69. The Kier molecular flexibility index (Phi) is 12.4. The van der Waals surface area contributed by atoms with Crippen LogP contribution in [0.4, 0.5) is 5.82 Å². The third kappa shape index (κ3) is 10.9. The second-order valence-electron chi connectivity index (χ2n) is 10.6. The zero-order valence-electron chi connectivity index (χ0n) is 25.0. The zero-order chi connectivity index (χ0) is 36.1. The number of amides is 1. The number of para-hydroxylation sites is 1. The van der Waals surface area contributed by atoms with E-state index in [2.05, 4.69) is 30.8 Å². The minimum atomic E-state index is -5.88. The lowest BCUT2D eigenvalue weighted by atomic mass is 10.0. The number of hydrogen-bond acceptors (Lipinski definition) is 13. The highest BCUT2D eigenvalue weighted by Crippen LogP contribution is 2.66. The first-order valence-electron chi connectivity index (χ1n) is 14.1. The van der Waals surface area contributed by atoms with Crippen molar-refractivity contribution in [3.8, 4) is 11.8 Å². The summed E-state index contributed by atoms with van der Waals surface area (Å²) in [4.78, 5) is 64.1. The molecule has 2 aromatic heterocycles. The molecule has 0 saturated carbocycles. The van der Waals surface area contributed by atoms with Gasteiger partial charge in [-0.1, -0.05) is 30.0 Å². The highest BCUT2D eigenvalue weighted by atomic mass is 31.3. The Morgan fingerprint density at radius 2 is 1.92 bits per heavy atom. The SMILES string of the molecule is N[C@@H](Cc1c[nH]c2ccccc12)C(=O)NC(CCC#Cc1cc([N+](=O)[O-])n([C@H]2C[C@H](O)[C@@H](CO)O2)c1)OP(=O)(O)OP(=O)(O)OP(=O)(O)O. The first kappa shape index (κ1) is 38.5. The summed E-state index contributed by atoms with van der Waals surface area (Å²) in [7, 11) is -17.2. The Morgan fingerprint density at radius 3 is 2.57 bits per heavy atom. The number of nitrogens with one attached hydrogen (secondary N) is 2. The van der Waals surface area contributed by atoms with E-state index >= 15 is 0 Å². The quantitative estimate of drug-likeness (QED) is 0.0344. The lowest BCUT2D eigenvalue weighted by molar-refractivity contribution is -0.393. The molecule has 49 heavy (non-hydrogen) atoms. The summed E-state index contributed by atoms with van der Waals surface area (Å²) in [6.45, 7) is -0.508. The number of nitro groups is 1. The van der Waals surface area contributed by atoms with Gasteiger partial charge in [-0.25, -0.2) is 18.3 Å². The third-order valence-electron chi connectivity index (χ3n) is 6.90. The van der Waals surface area contributed by atoms with Crippen LogP contribution in [-0.2, 0) is 42.8 Å². The molecule has 0 bridgehead atoms. The summed E-state index contributed by atoms with van der Waals surface area (Å²) in [5, 5.41) is 34.0. The second kappa shape index (κ2) is 15.7. The Bertz CT molecular complexity index is 1880. The van der Waals surface area contributed by atoms with Gasteiger partial charge in [-0.3, -0.25) is 9.32 Å². The zero-order valence-corrected chi connectivity index (χ0v) is 27.7. The van der Waals surface area contributed by atoms with Gasteiger partial charge in [0.05, 0.1) is 30.4 Å². The molecule has 1 aliphatic heterocycles. The van der Waals surface area contributed by atoms with Crippen LogP contribution in [0.15, 0.2) is 42.7 Å². The number of aliphatic hydroxyl groups excluding tert-OH is 2. The minimum Gasteiger partial charge on any atom is -0.394 e. The molecule has 4 rings (SSSR count). The second-order valence-corrected chi connectivity index (χ2v) is 14.9. The summed E-state index contributed by atoms with van der Waals surface area (Å²) in [5.74, 6) is 3.92. The van der Waals surface area contributed by atoms with Crippen LogP contribution in [0.2, 0.25) is 0 Å². The molecule has 7 atom stereocenters. The van der Waals surface area contributed by atoms with E-state index in [1.807, 2.05) is 0 Å². The fourth-order valence-electron chi connectivity index (χ4n) is 4.84. The fraction of sp³-hybridized carbons (Fsp3) is 0.400. The minimum absolute atomic E-state index is 0.00577. The van der Waals surface area contributed by atoms with Crippen molar-refractivity contribution >= 4 is 46.1 Å². The van der Waals surface area contributed by atoms with E-state index in [1.54, 1.807) is 30.5 Å². The maximum absolute atomic E-state index is 13.0. The average molecular weight is 751 g/mol. The van der Waals surface area contributed by atoms with E-state index in [9.17, 15) is 48.6 Å². The summed E-state index contributed by atoms with van der Waals surface area (Å²) in [6.07, 6.45) is -2.58. The number of fused-ring (bicyclic) bond motifs is 1. The highest BCUT2D eigenvalue weighted by Gasteiger charge is 2.42. The molecule has 0 spiro atoms. The number of hydrogen-bond donors (Lipinski definition) is 9. The molecule has 268 valence electrons. The smallest absolute Gasteiger partial charge is 0.394 e. The first-order valence-corrected chi connectivity index (χ1v) is 18.6. The molecule has 0 aliphatic carbocycles. The van der Waals surface area contributed by atoms with Crippen molar-refractivity contribution in [2.45, 2.75) is 56.4 Å². The maximum Gasteiger partial charge on any atom is 0.490 e. The molecule has 3 aromatic rings. The van der Waals surface area contributed by atoms with Crippen LogP contribution >= 0.6 is 23.5 Å². The predicted octanol–water partition coefficient (Wildman–Crippen LogP) is 1.01. The van der Waals surface area contributed by atoms with E-state index < -0.39 is 83.8 Å². The molecular formula is C25H32N5O16P3. The van der Waals surface area contributed by atoms with Crippen LogP contribution in [0, 0.1) is 22.0 Å². The van der Waals surface area contributed by atoms with Gasteiger partial charge in [0.15, 0.2) is 0 Å². The van der Waals surface area contributed by atoms with Gasteiger partial charge in [0, 0.05) is 36.4 Å². The van der Waals surface area contributed by atoms with Crippen LogP contribution in [0.25, 0.3) is 10.9 Å². The number of nitrogens with zero attached hydrogens (tertiary/aromatic N) is 2. The van der Waals surface area contributed by atoms with E-state index in [1.165, 1.54) is 6.20 Å². The van der Waals surface area contributed by atoms with Crippen LogP contribution in [-0.4, -0.2) is 81.3 Å². The van der Waals surface area contributed by atoms with E-state index in [-0.39, 0.29) is 24.8 Å². The van der Waals surface area contributed by atoms with Crippen molar-refractivity contribution in [1.29, 1.82) is 0 Å². The predicted molar refractivity (Wildman–Crippen MR) is 166 cm³/mol. The Balaban J connectivity index is 1.49. The van der Waals surface area contributed by atoms with Gasteiger partial charge in [0.2, 0.25) is 12.1 Å². The number of ether oxygens (including phenoxy) is 1. The molecule has 10 N–H and O–H groups in total. The maximum atomic E-state index is 13.0. The van der Waals surface area contributed by atoms with Gasteiger partial charge in [-0.15, -0.1) is 0 Å². The summed E-state index contributed by atoms with van der Waals surface area (Å²) in [6, 6.07) is 7.03. The Labute approximate surface area is 276 Å². The normalized spacial score (nSPS) is 21.7. The number of aliphatic hydroxyl groups is 2. The third-order valence-corrected chi connectivity index (χ3v) is 10.8. The van der Waals surface area contributed by atoms with Crippen molar-refractivity contribution < 1.29 is 71.1 Å². The van der Waals surface area contributed by atoms with Gasteiger partial charge in [0.1, 0.15) is 18.5 Å². The van der Waals surface area contributed by atoms with E-state index in [0.29, 0.717) is 5.56 Å².